The van der Waals surface area contributed by atoms with Crippen LogP contribution < -0.4 is 14.8 Å². The van der Waals surface area contributed by atoms with Crippen molar-refractivity contribution in [2.45, 2.75) is 6.18 Å². The van der Waals surface area contributed by atoms with E-state index in [0.29, 0.717) is 23.8 Å². The van der Waals surface area contributed by atoms with E-state index >= 15 is 0 Å². The Labute approximate surface area is 153 Å². The zero-order valence-electron chi connectivity index (χ0n) is 14.0. The van der Waals surface area contributed by atoms with Crippen molar-refractivity contribution in [3.05, 3.63) is 54.1 Å². The number of anilines is 1. The van der Waals surface area contributed by atoms with Gasteiger partial charge in [0.1, 0.15) is 11.5 Å². The average molecular weight is 385 g/mol. The van der Waals surface area contributed by atoms with Gasteiger partial charge in [0.25, 0.3) is 0 Å². The monoisotopic (exact) mass is 385 g/mol. The second kappa shape index (κ2) is 9.38. The highest BCUT2D eigenvalue weighted by atomic mass is 32.2. The van der Waals surface area contributed by atoms with E-state index in [-0.39, 0.29) is 11.7 Å². The van der Waals surface area contributed by atoms with Crippen LogP contribution in [0.1, 0.15) is 5.56 Å². The minimum atomic E-state index is -4.39. The third-order valence-electron chi connectivity index (χ3n) is 3.28. The number of benzene rings is 2. The second-order valence-corrected chi connectivity index (χ2v) is 6.31. The maximum atomic E-state index is 12.5. The van der Waals surface area contributed by atoms with Crippen molar-refractivity contribution >= 4 is 23.4 Å². The number of alkyl halides is 3. The number of methoxy groups -OCH3 is 1. The fraction of sp³-hybridized carbons (Fsp3) is 0.278. The summed E-state index contributed by atoms with van der Waals surface area (Å²) >= 11 is 1.37. The van der Waals surface area contributed by atoms with Crippen LogP contribution in [0.3, 0.4) is 0 Å². The molecule has 1 N–H and O–H groups in total. The summed E-state index contributed by atoms with van der Waals surface area (Å²) in [6, 6.07) is 11.5. The number of carbonyl (C=O) groups excluding carboxylic acids is 1. The largest absolute Gasteiger partial charge is 0.497 e. The molecule has 0 spiro atoms. The summed E-state index contributed by atoms with van der Waals surface area (Å²) in [7, 11) is 1.59. The van der Waals surface area contributed by atoms with Crippen molar-refractivity contribution < 1.29 is 27.4 Å². The Morgan fingerprint density at radius 1 is 1.04 bits per heavy atom. The standard InChI is InChI=1S/C18H18F3NO3S/c1-24-15-6-8-16(9-7-15)25-10-11-26-12-17(23)22-14-4-2-13(3-5-14)18(19,20)21/h2-9H,10-12H2,1H3,(H,22,23). The molecule has 0 aromatic heterocycles. The van der Waals surface area contributed by atoms with E-state index in [1.54, 1.807) is 31.4 Å². The van der Waals surface area contributed by atoms with E-state index in [1.807, 2.05) is 0 Å². The van der Waals surface area contributed by atoms with E-state index in [4.69, 9.17) is 9.47 Å². The number of amides is 1. The number of rotatable bonds is 8. The lowest BCUT2D eigenvalue weighted by Gasteiger charge is -2.09. The zero-order chi connectivity index (χ0) is 19.0. The van der Waals surface area contributed by atoms with Gasteiger partial charge in [-0.05, 0) is 48.5 Å². The molecule has 8 heteroatoms. The molecule has 140 valence electrons. The summed E-state index contributed by atoms with van der Waals surface area (Å²) in [5.74, 6) is 1.96. The number of nitrogens with one attached hydrogen (secondary N) is 1. The van der Waals surface area contributed by atoms with E-state index < -0.39 is 11.7 Å². The van der Waals surface area contributed by atoms with Crippen molar-refractivity contribution in [1.29, 1.82) is 0 Å². The first-order chi connectivity index (χ1) is 12.4. The van der Waals surface area contributed by atoms with E-state index in [2.05, 4.69) is 5.32 Å². The fourth-order valence-electron chi connectivity index (χ4n) is 1.99. The summed E-state index contributed by atoms with van der Waals surface area (Å²) in [4.78, 5) is 11.8. The molecule has 0 aliphatic rings. The van der Waals surface area contributed by atoms with Crippen LogP contribution in [0.5, 0.6) is 11.5 Å². The third kappa shape index (κ3) is 6.51. The van der Waals surface area contributed by atoms with E-state index in [9.17, 15) is 18.0 Å². The summed E-state index contributed by atoms with van der Waals surface area (Å²) in [6.07, 6.45) is -4.39. The lowest BCUT2D eigenvalue weighted by Crippen LogP contribution is -2.15. The first-order valence-electron chi connectivity index (χ1n) is 7.70. The number of ether oxygens (including phenoxy) is 2. The molecule has 2 rings (SSSR count). The third-order valence-corrected chi connectivity index (χ3v) is 4.21. The van der Waals surface area contributed by atoms with Gasteiger partial charge in [0.2, 0.25) is 5.91 Å². The molecule has 0 bridgehead atoms. The molecule has 0 atom stereocenters. The number of halogens is 3. The van der Waals surface area contributed by atoms with Gasteiger partial charge in [-0.1, -0.05) is 0 Å². The molecule has 0 fully saturated rings. The lowest BCUT2D eigenvalue weighted by atomic mass is 10.2. The summed E-state index contributed by atoms with van der Waals surface area (Å²) < 4.78 is 48.0. The van der Waals surface area contributed by atoms with Crippen LogP contribution in [0.4, 0.5) is 18.9 Å². The van der Waals surface area contributed by atoms with Crippen LogP contribution >= 0.6 is 11.8 Å². The molecule has 0 saturated heterocycles. The predicted molar refractivity (Wildman–Crippen MR) is 95.9 cm³/mol. The minimum Gasteiger partial charge on any atom is -0.497 e. The summed E-state index contributed by atoms with van der Waals surface area (Å²) in [5.41, 5.74) is -0.418. The van der Waals surface area contributed by atoms with Crippen molar-refractivity contribution in [3.8, 4) is 11.5 Å². The molecule has 0 aliphatic carbocycles. The van der Waals surface area contributed by atoms with Crippen LogP contribution in [0.15, 0.2) is 48.5 Å². The SMILES string of the molecule is COc1ccc(OCCSCC(=O)Nc2ccc(C(F)(F)F)cc2)cc1. The highest BCUT2D eigenvalue weighted by Gasteiger charge is 2.29. The fourth-order valence-corrected chi connectivity index (χ4v) is 2.60. The van der Waals surface area contributed by atoms with Gasteiger partial charge >= 0.3 is 6.18 Å². The van der Waals surface area contributed by atoms with E-state index in [0.717, 1.165) is 17.9 Å². The highest BCUT2D eigenvalue weighted by Crippen LogP contribution is 2.29. The molecule has 4 nitrogen and oxygen atoms in total. The van der Waals surface area contributed by atoms with Gasteiger partial charge in [0.15, 0.2) is 0 Å². The van der Waals surface area contributed by atoms with Gasteiger partial charge in [0, 0.05) is 11.4 Å². The smallest absolute Gasteiger partial charge is 0.416 e. The molecule has 0 saturated carbocycles. The number of thioether (sulfide) groups is 1. The van der Waals surface area contributed by atoms with Crippen LogP contribution in [0.2, 0.25) is 0 Å². The summed E-state index contributed by atoms with van der Waals surface area (Å²) in [6.45, 7) is 0.435. The zero-order valence-corrected chi connectivity index (χ0v) is 14.8. The second-order valence-electron chi connectivity index (χ2n) is 5.20. The van der Waals surface area contributed by atoms with E-state index in [1.165, 1.54) is 23.9 Å². The Hall–Kier alpha value is -2.35. The van der Waals surface area contributed by atoms with Crippen molar-refractivity contribution in [2.75, 3.05) is 30.5 Å². The van der Waals surface area contributed by atoms with Crippen LogP contribution in [0.25, 0.3) is 0 Å². The number of hydrogen-bond acceptors (Lipinski definition) is 4. The van der Waals surface area contributed by atoms with Gasteiger partial charge in [0.05, 0.1) is 25.0 Å². The van der Waals surface area contributed by atoms with Gasteiger partial charge in [-0.2, -0.15) is 13.2 Å². The quantitative estimate of drug-likeness (QED) is 0.682. The molecule has 1 amide bonds. The first kappa shape index (κ1) is 20.0. The molecule has 0 aliphatic heterocycles. The first-order valence-corrected chi connectivity index (χ1v) is 8.85. The molecule has 0 radical (unpaired) electrons. The molecular formula is C18H18F3NO3S. The van der Waals surface area contributed by atoms with Crippen LogP contribution in [0, 0.1) is 0 Å². The Bertz CT molecular complexity index is 703. The van der Waals surface area contributed by atoms with Crippen molar-refractivity contribution in [1.82, 2.24) is 0 Å². The lowest BCUT2D eigenvalue weighted by molar-refractivity contribution is -0.137. The topological polar surface area (TPSA) is 47.6 Å². The molecule has 0 heterocycles. The van der Waals surface area contributed by atoms with Gasteiger partial charge in [-0.15, -0.1) is 11.8 Å². The Kier molecular flexibility index (Phi) is 7.20. The number of hydrogen-bond donors (Lipinski definition) is 1. The average Bonchev–Trinajstić information content (AvgIpc) is 2.61. The normalized spacial score (nSPS) is 11.1. The molecular weight excluding hydrogens is 367 g/mol. The highest BCUT2D eigenvalue weighted by molar-refractivity contribution is 7.99. The molecule has 26 heavy (non-hydrogen) atoms. The Morgan fingerprint density at radius 2 is 1.65 bits per heavy atom. The minimum absolute atomic E-state index is 0.187. The maximum Gasteiger partial charge on any atom is 0.416 e. The van der Waals surface area contributed by atoms with Crippen LogP contribution in [-0.4, -0.2) is 31.1 Å². The van der Waals surface area contributed by atoms with Gasteiger partial charge < -0.3 is 14.8 Å². The molecule has 2 aromatic rings. The molecule has 0 unspecified atom stereocenters. The van der Waals surface area contributed by atoms with Gasteiger partial charge in [-0.25, -0.2) is 0 Å². The van der Waals surface area contributed by atoms with Crippen LogP contribution in [-0.2, 0) is 11.0 Å². The van der Waals surface area contributed by atoms with Gasteiger partial charge in [-0.3, -0.25) is 4.79 Å². The van der Waals surface area contributed by atoms with Crippen molar-refractivity contribution in [2.24, 2.45) is 0 Å². The Morgan fingerprint density at radius 3 is 2.23 bits per heavy atom. The maximum absolute atomic E-state index is 12.5. The van der Waals surface area contributed by atoms with Crippen molar-refractivity contribution in [3.63, 3.8) is 0 Å². The predicted octanol–water partition coefficient (Wildman–Crippen LogP) is 4.46. The molecule has 2 aromatic carbocycles. The number of carbonyl (C=O) groups is 1. The Balaban J connectivity index is 1.65. The summed E-state index contributed by atoms with van der Waals surface area (Å²) in [5, 5.41) is 2.56.